The Labute approximate surface area is 189 Å². The maximum absolute atomic E-state index is 12.7. The van der Waals surface area contributed by atoms with Gasteiger partial charge in [0.25, 0.3) is 5.91 Å². The van der Waals surface area contributed by atoms with Crippen molar-refractivity contribution in [2.24, 2.45) is 0 Å². The van der Waals surface area contributed by atoms with Gasteiger partial charge in [0.05, 0.1) is 5.69 Å². The minimum absolute atomic E-state index is 0.000349. The Morgan fingerprint density at radius 3 is 2.84 bits per heavy atom. The molecule has 0 unspecified atom stereocenters. The minimum Gasteiger partial charge on any atom is -0.482 e. The smallest absolute Gasteiger partial charge is 0.265 e. The molecule has 0 fully saturated rings. The summed E-state index contributed by atoms with van der Waals surface area (Å²) in [7, 11) is 0. The Kier molecular flexibility index (Phi) is 5.64. The van der Waals surface area contributed by atoms with Gasteiger partial charge in [-0.05, 0) is 35.2 Å². The lowest BCUT2D eigenvalue weighted by atomic mass is 9.96. The molecule has 7 heteroatoms. The summed E-state index contributed by atoms with van der Waals surface area (Å²) >= 11 is 1.69. The standard InChI is InChI=1S/C25H23N3O3S/c29-24(11-12-28-21-8-3-4-9-22(21)31-16-25(28)30)27-15-19(23-10-5-13-32-23)18-14-26-20-7-2-1-6-17(18)20/h1-10,13-14,19,26H,11-12,15-16H2,(H,27,29)/t19-/m1/s1. The highest BCUT2D eigenvalue weighted by Crippen LogP contribution is 2.33. The van der Waals surface area contributed by atoms with Crippen LogP contribution in [0.5, 0.6) is 5.75 Å². The number of rotatable bonds is 7. The van der Waals surface area contributed by atoms with Crippen molar-refractivity contribution in [3.05, 3.63) is 82.7 Å². The average molecular weight is 446 g/mol. The van der Waals surface area contributed by atoms with Crippen molar-refractivity contribution in [3.63, 3.8) is 0 Å². The van der Waals surface area contributed by atoms with Crippen LogP contribution < -0.4 is 15.0 Å². The van der Waals surface area contributed by atoms with Crippen LogP contribution in [0.15, 0.2) is 72.2 Å². The number of ether oxygens (including phenoxy) is 1. The van der Waals surface area contributed by atoms with Gasteiger partial charge in [-0.2, -0.15) is 0 Å². The molecule has 0 aliphatic carbocycles. The molecule has 32 heavy (non-hydrogen) atoms. The lowest BCUT2D eigenvalue weighted by Crippen LogP contribution is -2.41. The van der Waals surface area contributed by atoms with Gasteiger partial charge in [0, 0.05) is 47.4 Å². The molecule has 2 aromatic heterocycles. The van der Waals surface area contributed by atoms with Crippen LogP contribution >= 0.6 is 11.3 Å². The third kappa shape index (κ3) is 3.99. The lowest BCUT2D eigenvalue weighted by Gasteiger charge is -2.29. The summed E-state index contributed by atoms with van der Waals surface area (Å²) in [5, 5.41) is 6.31. The highest BCUT2D eigenvalue weighted by molar-refractivity contribution is 7.10. The second-order valence-electron chi connectivity index (χ2n) is 7.71. The van der Waals surface area contributed by atoms with Crippen LogP contribution in [0.25, 0.3) is 10.9 Å². The molecule has 162 valence electrons. The molecule has 3 heterocycles. The summed E-state index contributed by atoms with van der Waals surface area (Å²) in [6, 6.07) is 19.7. The van der Waals surface area contributed by atoms with Crippen molar-refractivity contribution in [1.29, 1.82) is 0 Å². The number of thiophene rings is 1. The summed E-state index contributed by atoms with van der Waals surface area (Å²) in [5.74, 6) is 0.514. The lowest BCUT2D eigenvalue weighted by molar-refractivity contribution is -0.122. The molecular formula is C25H23N3O3S. The van der Waals surface area contributed by atoms with Crippen molar-refractivity contribution >= 4 is 39.7 Å². The van der Waals surface area contributed by atoms with Crippen LogP contribution in [0.4, 0.5) is 5.69 Å². The van der Waals surface area contributed by atoms with E-state index >= 15 is 0 Å². The van der Waals surface area contributed by atoms with Gasteiger partial charge in [0.2, 0.25) is 5.91 Å². The molecule has 1 aliphatic heterocycles. The number of fused-ring (bicyclic) bond motifs is 2. The number of benzene rings is 2. The van der Waals surface area contributed by atoms with Crippen molar-refractivity contribution < 1.29 is 14.3 Å². The van der Waals surface area contributed by atoms with E-state index in [4.69, 9.17) is 4.74 Å². The molecule has 1 atom stereocenters. The molecule has 2 amide bonds. The monoisotopic (exact) mass is 445 g/mol. The number of carbonyl (C=O) groups is 2. The number of aromatic amines is 1. The van der Waals surface area contributed by atoms with Gasteiger partial charge in [-0.1, -0.05) is 36.4 Å². The fraction of sp³-hybridized carbons (Fsp3) is 0.200. The van der Waals surface area contributed by atoms with Crippen molar-refractivity contribution in [2.45, 2.75) is 12.3 Å². The van der Waals surface area contributed by atoms with Crippen LogP contribution in [0.3, 0.4) is 0 Å². The molecule has 6 nitrogen and oxygen atoms in total. The summed E-state index contributed by atoms with van der Waals surface area (Å²) in [6.45, 7) is 0.816. The third-order valence-electron chi connectivity index (χ3n) is 5.76. The molecule has 4 aromatic rings. The molecule has 5 rings (SSSR count). The molecule has 0 saturated carbocycles. The molecule has 2 aromatic carbocycles. The van der Waals surface area contributed by atoms with Crippen molar-refractivity contribution in [1.82, 2.24) is 10.3 Å². The normalized spacial score (nSPS) is 14.1. The number of H-pyrrole nitrogens is 1. The molecule has 2 N–H and O–H groups in total. The zero-order chi connectivity index (χ0) is 21.9. The molecule has 0 saturated heterocycles. The first kappa shape index (κ1) is 20.3. The number of nitrogens with one attached hydrogen (secondary N) is 2. The fourth-order valence-electron chi connectivity index (χ4n) is 4.15. The maximum Gasteiger partial charge on any atom is 0.265 e. The van der Waals surface area contributed by atoms with Gasteiger partial charge < -0.3 is 19.9 Å². The van der Waals surface area contributed by atoms with E-state index in [-0.39, 0.29) is 30.8 Å². The van der Waals surface area contributed by atoms with E-state index in [1.807, 2.05) is 48.7 Å². The molecular weight excluding hydrogens is 422 g/mol. The maximum atomic E-state index is 12.7. The van der Waals surface area contributed by atoms with Gasteiger partial charge in [0.1, 0.15) is 5.75 Å². The summed E-state index contributed by atoms with van der Waals surface area (Å²) in [4.78, 5) is 31.2. The van der Waals surface area contributed by atoms with Crippen LogP contribution in [0, 0.1) is 0 Å². The number of hydrogen-bond donors (Lipinski definition) is 2. The van der Waals surface area contributed by atoms with E-state index in [0.29, 0.717) is 24.5 Å². The predicted octanol–water partition coefficient (Wildman–Crippen LogP) is 4.29. The number of hydrogen-bond acceptors (Lipinski definition) is 4. The van der Waals surface area contributed by atoms with Gasteiger partial charge >= 0.3 is 0 Å². The van der Waals surface area contributed by atoms with E-state index in [2.05, 4.69) is 33.9 Å². The predicted molar refractivity (Wildman–Crippen MR) is 126 cm³/mol. The summed E-state index contributed by atoms with van der Waals surface area (Å²) in [6.07, 6.45) is 2.26. The van der Waals surface area contributed by atoms with Gasteiger partial charge in [-0.25, -0.2) is 0 Å². The average Bonchev–Trinajstić information content (AvgIpc) is 3.50. The number of nitrogens with zero attached hydrogens (tertiary/aromatic N) is 1. The first-order chi connectivity index (χ1) is 15.7. The largest absolute Gasteiger partial charge is 0.482 e. The van der Waals surface area contributed by atoms with Gasteiger partial charge in [0.15, 0.2) is 6.61 Å². The minimum atomic E-state index is -0.133. The second-order valence-corrected chi connectivity index (χ2v) is 8.69. The topological polar surface area (TPSA) is 74.4 Å². The Bertz CT molecular complexity index is 1250. The highest BCUT2D eigenvalue weighted by atomic mass is 32.1. The Hall–Kier alpha value is -3.58. The van der Waals surface area contributed by atoms with E-state index in [1.165, 1.54) is 10.4 Å². The quantitative estimate of drug-likeness (QED) is 0.446. The Morgan fingerprint density at radius 2 is 1.97 bits per heavy atom. The van der Waals surface area contributed by atoms with Crippen LogP contribution in [-0.2, 0) is 9.59 Å². The van der Waals surface area contributed by atoms with Crippen molar-refractivity contribution in [3.8, 4) is 5.75 Å². The summed E-state index contributed by atoms with van der Waals surface area (Å²) < 4.78 is 5.48. The van der Waals surface area contributed by atoms with Crippen LogP contribution in [0.1, 0.15) is 22.8 Å². The SMILES string of the molecule is O=C(CCN1C(=O)COc2ccccc21)NC[C@@H](c1cccs1)c1c[nH]c2ccccc12. The number of carbonyl (C=O) groups excluding carboxylic acids is 2. The summed E-state index contributed by atoms with van der Waals surface area (Å²) in [5.41, 5.74) is 2.97. The first-order valence-corrected chi connectivity index (χ1v) is 11.5. The number of amides is 2. The molecule has 0 spiro atoms. The number of para-hydroxylation sites is 3. The zero-order valence-electron chi connectivity index (χ0n) is 17.4. The van der Waals surface area contributed by atoms with Crippen LogP contribution in [-0.4, -0.2) is 36.5 Å². The van der Waals surface area contributed by atoms with Gasteiger partial charge in [-0.3, -0.25) is 9.59 Å². The first-order valence-electron chi connectivity index (χ1n) is 10.6. The number of anilines is 1. The van der Waals surface area contributed by atoms with E-state index in [9.17, 15) is 9.59 Å². The zero-order valence-corrected chi connectivity index (χ0v) is 18.2. The second kappa shape index (κ2) is 8.88. The van der Waals surface area contributed by atoms with E-state index < -0.39 is 0 Å². The third-order valence-corrected chi connectivity index (χ3v) is 6.74. The van der Waals surface area contributed by atoms with E-state index in [1.54, 1.807) is 16.2 Å². The molecule has 0 radical (unpaired) electrons. The molecule has 1 aliphatic rings. The Balaban J connectivity index is 1.27. The van der Waals surface area contributed by atoms with Gasteiger partial charge in [-0.15, -0.1) is 11.3 Å². The van der Waals surface area contributed by atoms with Crippen molar-refractivity contribution in [2.75, 3.05) is 24.6 Å². The van der Waals surface area contributed by atoms with E-state index in [0.717, 1.165) is 10.9 Å². The Morgan fingerprint density at radius 1 is 1.12 bits per heavy atom. The van der Waals surface area contributed by atoms with Crippen LogP contribution in [0.2, 0.25) is 0 Å². The number of aromatic nitrogens is 1. The highest BCUT2D eigenvalue weighted by Gasteiger charge is 2.26. The fourth-order valence-corrected chi connectivity index (χ4v) is 5.00. The molecule has 0 bridgehead atoms.